The van der Waals surface area contributed by atoms with Crippen molar-refractivity contribution < 1.29 is 0 Å². The van der Waals surface area contributed by atoms with E-state index in [1.165, 1.54) is 0 Å². The molecule has 1 aromatic heterocycles. The number of nitrogens with zero attached hydrogens (tertiary/aromatic N) is 2. The summed E-state index contributed by atoms with van der Waals surface area (Å²) in [6.07, 6.45) is 2.28. The van der Waals surface area contributed by atoms with Gasteiger partial charge in [0.25, 0.3) is 0 Å². The zero-order chi connectivity index (χ0) is 14.5. The summed E-state index contributed by atoms with van der Waals surface area (Å²) < 4.78 is 0. The Kier molecular flexibility index (Phi) is 6.43. The van der Waals surface area contributed by atoms with Gasteiger partial charge in [-0.3, -0.25) is 4.90 Å². The van der Waals surface area contributed by atoms with Gasteiger partial charge in [-0.05, 0) is 31.7 Å². The van der Waals surface area contributed by atoms with Gasteiger partial charge in [0, 0.05) is 24.0 Å². The van der Waals surface area contributed by atoms with E-state index >= 15 is 0 Å². The molecular weight excluding hydrogens is 254 g/mol. The topological polar surface area (TPSA) is 42.1 Å². The highest BCUT2D eigenvalue weighted by molar-refractivity contribution is 7.07. The van der Waals surface area contributed by atoms with Crippen molar-refractivity contribution in [2.45, 2.75) is 52.6 Å². The van der Waals surface area contributed by atoms with E-state index in [2.05, 4.69) is 50.0 Å². The van der Waals surface area contributed by atoms with Crippen LogP contribution in [0.4, 0.5) is 0 Å². The van der Waals surface area contributed by atoms with Gasteiger partial charge >= 0.3 is 0 Å². The maximum atomic E-state index is 6.17. The van der Waals surface area contributed by atoms with Crippen LogP contribution in [0.1, 0.15) is 46.2 Å². The van der Waals surface area contributed by atoms with E-state index in [4.69, 9.17) is 5.73 Å². The third-order valence-corrected chi connectivity index (χ3v) is 4.28. The lowest BCUT2D eigenvalue weighted by atomic mass is 9.80. The molecule has 110 valence electrons. The fraction of sp³-hybridized carbons (Fsp3) is 0.800. The summed E-state index contributed by atoms with van der Waals surface area (Å²) in [5.41, 5.74) is 9.32. The summed E-state index contributed by atoms with van der Waals surface area (Å²) in [6.45, 7) is 10.7. The lowest BCUT2D eigenvalue weighted by molar-refractivity contribution is 0.0704. The first-order valence-corrected chi connectivity index (χ1v) is 8.12. The van der Waals surface area contributed by atoms with Gasteiger partial charge in [-0.15, -0.1) is 11.3 Å². The molecule has 0 amide bonds. The molecule has 0 radical (unpaired) electrons. The van der Waals surface area contributed by atoms with Crippen molar-refractivity contribution in [3.8, 4) is 0 Å². The predicted molar refractivity (Wildman–Crippen MR) is 84.3 cm³/mol. The summed E-state index contributed by atoms with van der Waals surface area (Å²) >= 11 is 1.66. The van der Waals surface area contributed by atoms with E-state index in [0.717, 1.165) is 25.1 Å². The standard InChI is InChI=1S/C15H29N3S/c1-12(2)6-15(10-16,7-13(3)4)18(5)8-14-9-19-11-17-14/h9,11-13H,6-8,10,16H2,1-5H3. The number of aromatic nitrogens is 1. The fourth-order valence-corrected chi connectivity index (χ4v) is 3.51. The third kappa shape index (κ3) is 4.86. The van der Waals surface area contributed by atoms with E-state index in [-0.39, 0.29) is 5.54 Å². The highest BCUT2D eigenvalue weighted by Gasteiger charge is 2.34. The molecule has 0 aromatic carbocycles. The van der Waals surface area contributed by atoms with Crippen LogP contribution in [0.5, 0.6) is 0 Å². The van der Waals surface area contributed by atoms with Gasteiger partial charge in [-0.1, -0.05) is 27.7 Å². The summed E-state index contributed by atoms with van der Waals surface area (Å²) in [5, 5.41) is 2.13. The maximum Gasteiger partial charge on any atom is 0.0795 e. The van der Waals surface area contributed by atoms with E-state index in [0.29, 0.717) is 18.4 Å². The Balaban J connectivity index is 2.86. The van der Waals surface area contributed by atoms with E-state index in [1.54, 1.807) is 11.3 Å². The second-order valence-electron chi connectivity index (χ2n) is 6.46. The van der Waals surface area contributed by atoms with Gasteiger partial charge in [0.15, 0.2) is 0 Å². The van der Waals surface area contributed by atoms with Gasteiger partial charge in [0.2, 0.25) is 0 Å². The molecule has 0 unspecified atom stereocenters. The molecule has 4 heteroatoms. The van der Waals surface area contributed by atoms with Gasteiger partial charge < -0.3 is 5.73 Å². The summed E-state index contributed by atoms with van der Waals surface area (Å²) in [5.74, 6) is 1.31. The number of rotatable bonds is 8. The number of likely N-dealkylation sites (N-methyl/N-ethyl adjacent to an activating group) is 1. The van der Waals surface area contributed by atoms with Crippen molar-refractivity contribution >= 4 is 11.3 Å². The van der Waals surface area contributed by atoms with Crippen molar-refractivity contribution in [2.24, 2.45) is 17.6 Å². The molecule has 1 rings (SSSR count). The van der Waals surface area contributed by atoms with Crippen molar-refractivity contribution in [1.82, 2.24) is 9.88 Å². The first-order valence-electron chi connectivity index (χ1n) is 7.18. The Morgan fingerprint density at radius 1 is 1.26 bits per heavy atom. The largest absolute Gasteiger partial charge is 0.329 e. The molecule has 0 saturated heterocycles. The van der Waals surface area contributed by atoms with Crippen molar-refractivity contribution in [3.05, 3.63) is 16.6 Å². The summed E-state index contributed by atoms with van der Waals surface area (Å²) in [7, 11) is 2.19. The average Bonchev–Trinajstić information content (AvgIpc) is 2.79. The van der Waals surface area contributed by atoms with Crippen LogP contribution in [-0.4, -0.2) is 29.0 Å². The Bertz CT molecular complexity index is 336. The highest BCUT2D eigenvalue weighted by atomic mass is 32.1. The fourth-order valence-electron chi connectivity index (χ4n) is 2.96. The number of thiazole rings is 1. The van der Waals surface area contributed by atoms with Gasteiger partial charge in [-0.25, -0.2) is 4.98 Å². The molecule has 0 saturated carbocycles. The predicted octanol–water partition coefficient (Wildman–Crippen LogP) is 3.36. The minimum atomic E-state index is 0.0892. The first kappa shape index (κ1) is 16.6. The highest BCUT2D eigenvalue weighted by Crippen LogP contribution is 2.30. The van der Waals surface area contributed by atoms with E-state index in [9.17, 15) is 0 Å². The molecular formula is C15H29N3S. The van der Waals surface area contributed by atoms with Crippen LogP contribution < -0.4 is 5.73 Å². The zero-order valence-electron chi connectivity index (χ0n) is 13.0. The van der Waals surface area contributed by atoms with Crippen LogP contribution in [0.2, 0.25) is 0 Å². The molecule has 3 nitrogen and oxygen atoms in total. The maximum absolute atomic E-state index is 6.17. The minimum absolute atomic E-state index is 0.0892. The monoisotopic (exact) mass is 283 g/mol. The molecule has 0 aliphatic carbocycles. The first-order chi connectivity index (χ1) is 8.89. The molecule has 0 aliphatic heterocycles. The zero-order valence-corrected chi connectivity index (χ0v) is 13.8. The lowest BCUT2D eigenvalue weighted by Gasteiger charge is -2.43. The van der Waals surface area contributed by atoms with Crippen LogP contribution in [0.3, 0.4) is 0 Å². The number of hydrogen-bond acceptors (Lipinski definition) is 4. The number of nitrogens with two attached hydrogens (primary N) is 1. The average molecular weight is 283 g/mol. The van der Waals surface area contributed by atoms with Crippen molar-refractivity contribution in [2.75, 3.05) is 13.6 Å². The van der Waals surface area contributed by atoms with E-state index in [1.807, 2.05) is 5.51 Å². The quantitative estimate of drug-likeness (QED) is 0.795. The molecule has 0 bridgehead atoms. The van der Waals surface area contributed by atoms with Crippen LogP contribution >= 0.6 is 11.3 Å². The Labute approximate surface area is 122 Å². The molecule has 1 aromatic rings. The second kappa shape index (κ2) is 7.36. The molecule has 0 spiro atoms. The molecule has 2 N–H and O–H groups in total. The molecule has 0 atom stereocenters. The van der Waals surface area contributed by atoms with Crippen LogP contribution in [0.25, 0.3) is 0 Å². The van der Waals surface area contributed by atoms with Gasteiger partial charge in [0.1, 0.15) is 0 Å². The van der Waals surface area contributed by atoms with Crippen molar-refractivity contribution in [3.63, 3.8) is 0 Å². The molecule has 0 fully saturated rings. The van der Waals surface area contributed by atoms with Crippen LogP contribution in [0.15, 0.2) is 10.9 Å². The second-order valence-corrected chi connectivity index (χ2v) is 7.18. The van der Waals surface area contributed by atoms with Crippen molar-refractivity contribution in [1.29, 1.82) is 0 Å². The smallest absolute Gasteiger partial charge is 0.0795 e. The summed E-state index contributed by atoms with van der Waals surface area (Å²) in [4.78, 5) is 6.82. The lowest BCUT2D eigenvalue weighted by Crippen LogP contribution is -2.53. The Morgan fingerprint density at radius 2 is 1.84 bits per heavy atom. The molecule has 1 heterocycles. The van der Waals surface area contributed by atoms with Crippen LogP contribution in [0, 0.1) is 11.8 Å². The van der Waals surface area contributed by atoms with Crippen LogP contribution in [-0.2, 0) is 6.54 Å². The normalized spacial score (nSPS) is 12.9. The summed E-state index contributed by atoms with van der Waals surface area (Å²) in [6, 6.07) is 0. The van der Waals surface area contributed by atoms with E-state index < -0.39 is 0 Å². The Hall–Kier alpha value is -0.450. The minimum Gasteiger partial charge on any atom is -0.329 e. The van der Waals surface area contributed by atoms with Gasteiger partial charge in [0.05, 0.1) is 11.2 Å². The molecule has 0 aliphatic rings. The Morgan fingerprint density at radius 3 is 2.21 bits per heavy atom. The van der Waals surface area contributed by atoms with Gasteiger partial charge in [-0.2, -0.15) is 0 Å². The number of hydrogen-bond donors (Lipinski definition) is 1. The SMILES string of the molecule is CC(C)CC(CN)(CC(C)C)N(C)Cc1cscn1. The third-order valence-electron chi connectivity index (χ3n) is 3.65. The molecule has 19 heavy (non-hydrogen) atoms.